The molecule has 1 amide bonds. The van der Waals surface area contributed by atoms with E-state index in [4.69, 9.17) is 0 Å². The SMILES string of the molecule is O=C(NCCCCN1CCN(c2ccnc3ccccc23)CC1)C1CCC(c2ccccc2)CC1. The monoisotopic (exact) mass is 470 g/mol. The van der Waals surface area contributed by atoms with E-state index >= 15 is 0 Å². The highest BCUT2D eigenvalue weighted by Gasteiger charge is 2.26. The molecule has 0 bridgehead atoms. The molecule has 35 heavy (non-hydrogen) atoms. The van der Waals surface area contributed by atoms with Gasteiger partial charge in [-0.3, -0.25) is 14.7 Å². The van der Waals surface area contributed by atoms with Gasteiger partial charge >= 0.3 is 0 Å². The van der Waals surface area contributed by atoms with Crippen molar-refractivity contribution in [2.24, 2.45) is 5.92 Å². The zero-order valence-electron chi connectivity index (χ0n) is 20.7. The molecule has 0 atom stereocenters. The maximum Gasteiger partial charge on any atom is 0.223 e. The van der Waals surface area contributed by atoms with Crippen molar-refractivity contribution >= 4 is 22.5 Å². The quantitative estimate of drug-likeness (QED) is 0.458. The van der Waals surface area contributed by atoms with Gasteiger partial charge in [-0.25, -0.2) is 0 Å². The first kappa shape index (κ1) is 23.8. The van der Waals surface area contributed by atoms with Gasteiger partial charge in [-0.15, -0.1) is 0 Å². The Bertz CT molecular complexity index is 1080. The average Bonchev–Trinajstić information content (AvgIpc) is 2.93. The van der Waals surface area contributed by atoms with Crippen LogP contribution in [-0.2, 0) is 4.79 Å². The molecule has 1 aliphatic heterocycles. The first-order valence-corrected chi connectivity index (χ1v) is 13.4. The van der Waals surface area contributed by atoms with Gasteiger partial charge in [0, 0.05) is 55.9 Å². The van der Waals surface area contributed by atoms with Gasteiger partial charge in [0.15, 0.2) is 0 Å². The number of amides is 1. The second-order valence-electron chi connectivity index (χ2n) is 10.1. The van der Waals surface area contributed by atoms with Crippen LogP contribution < -0.4 is 10.2 Å². The van der Waals surface area contributed by atoms with Gasteiger partial charge in [0.25, 0.3) is 0 Å². The minimum absolute atomic E-state index is 0.201. The van der Waals surface area contributed by atoms with E-state index in [1.54, 1.807) is 0 Å². The van der Waals surface area contributed by atoms with Crippen LogP contribution in [0.1, 0.15) is 50.0 Å². The van der Waals surface area contributed by atoms with Gasteiger partial charge in [-0.1, -0.05) is 48.5 Å². The lowest BCUT2D eigenvalue weighted by Crippen LogP contribution is -2.46. The zero-order chi connectivity index (χ0) is 23.9. The summed E-state index contributed by atoms with van der Waals surface area (Å²) in [6.45, 7) is 6.21. The van der Waals surface area contributed by atoms with E-state index in [0.717, 1.165) is 83.3 Å². The number of hydrogen-bond acceptors (Lipinski definition) is 4. The van der Waals surface area contributed by atoms with Crippen molar-refractivity contribution in [3.05, 3.63) is 72.4 Å². The van der Waals surface area contributed by atoms with Crippen LogP contribution in [0.5, 0.6) is 0 Å². The Labute approximate surface area is 209 Å². The van der Waals surface area contributed by atoms with Gasteiger partial charge < -0.3 is 10.2 Å². The third kappa shape index (κ3) is 6.02. The van der Waals surface area contributed by atoms with E-state index in [-0.39, 0.29) is 11.8 Å². The molecular weight excluding hydrogens is 432 g/mol. The van der Waals surface area contributed by atoms with Crippen molar-refractivity contribution in [1.29, 1.82) is 0 Å². The first-order chi connectivity index (χ1) is 17.3. The highest BCUT2D eigenvalue weighted by atomic mass is 16.1. The molecule has 0 unspecified atom stereocenters. The Balaban J connectivity index is 0.971. The van der Waals surface area contributed by atoms with Crippen LogP contribution >= 0.6 is 0 Å². The summed E-state index contributed by atoms with van der Waals surface area (Å²) in [7, 11) is 0. The number of hydrogen-bond donors (Lipinski definition) is 1. The van der Waals surface area contributed by atoms with Crippen molar-refractivity contribution in [3.63, 3.8) is 0 Å². The van der Waals surface area contributed by atoms with E-state index in [1.165, 1.54) is 16.6 Å². The van der Waals surface area contributed by atoms with E-state index in [9.17, 15) is 4.79 Å². The third-order valence-electron chi connectivity index (χ3n) is 7.91. The smallest absolute Gasteiger partial charge is 0.223 e. The molecule has 2 aromatic carbocycles. The molecule has 2 fully saturated rings. The Kier molecular flexibility index (Phi) is 7.94. The Hall–Kier alpha value is -2.92. The number of piperazine rings is 1. The third-order valence-corrected chi connectivity index (χ3v) is 7.91. The van der Waals surface area contributed by atoms with Crippen LogP contribution in [0.3, 0.4) is 0 Å². The summed E-state index contributed by atoms with van der Waals surface area (Å²) in [5, 5.41) is 4.46. The molecule has 0 spiro atoms. The number of pyridine rings is 1. The first-order valence-electron chi connectivity index (χ1n) is 13.4. The van der Waals surface area contributed by atoms with Gasteiger partial charge in [-0.2, -0.15) is 0 Å². The predicted molar refractivity (Wildman–Crippen MR) is 144 cm³/mol. The Morgan fingerprint density at radius 2 is 1.60 bits per heavy atom. The van der Waals surface area contributed by atoms with Crippen molar-refractivity contribution in [3.8, 4) is 0 Å². The lowest BCUT2D eigenvalue weighted by Gasteiger charge is -2.36. The van der Waals surface area contributed by atoms with Gasteiger partial charge in [0.1, 0.15) is 0 Å². The number of anilines is 1. The van der Waals surface area contributed by atoms with Crippen molar-refractivity contribution in [1.82, 2.24) is 15.2 Å². The second kappa shape index (κ2) is 11.7. The number of para-hydroxylation sites is 1. The maximum atomic E-state index is 12.6. The highest BCUT2D eigenvalue weighted by Crippen LogP contribution is 2.35. The second-order valence-corrected chi connectivity index (χ2v) is 10.1. The van der Waals surface area contributed by atoms with Gasteiger partial charge in [-0.05, 0) is 68.7 Å². The molecule has 1 aromatic heterocycles. The molecule has 2 aliphatic rings. The van der Waals surface area contributed by atoms with Crippen LogP contribution in [0, 0.1) is 5.92 Å². The number of nitrogens with zero attached hydrogens (tertiary/aromatic N) is 3. The molecule has 3 aromatic rings. The average molecular weight is 471 g/mol. The summed E-state index contributed by atoms with van der Waals surface area (Å²) >= 11 is 0. The van der Waals surface area contributed by atoms with E-state index in [0.29, 0.717) is 5.92 Å². The number of unbranched alkanes of at least 4 members (excludes halogenated alkanes) is 1. The molecule has 5 heteroatoms. The molecule has 1 saturated heterocycles. The predicted octanol–water partition coefficient (Wildman–Crippen LogP) is 5.23. The lowest BCUT2D eigenvalue weighted by molar-refractivity contribution is -0.126. The summed E-state index contributed by atoms with van der Waals surface area (Å²) < 4.78 is 0. The number of carbonyl (C=O) groups is 1. The number of nitrogens with one attached hydrogen (secondary N) is 1. The molecule has 5 nitrogen and oxygen atoms in total. The van der Waals surface area contributed by atoms with Crippen LogP contribution in [0.2, 0.25) is 0 Å². The van der Waals surface area contributed by atoms with Crippen LogP contribution in [0.4, 0.5) is 5.69 Å². The zero-order valence-corrected chi connectivity index (χ0v) is 20.7. The fraction of sp³-hybridized carbons (Fsp3) is 0.467. The number of fused-ring (bicyclic) bond motifs is 1. The summed E-state index contributed by atoms with van der Waals surface area (Å²) in [5.74, 6) is 1.10. The summed E-state index contributed by atoms with van der Waals surface area (Å²) in [6.07, 6.45) is 8.41. The Morgan fingerprint density at radius 3 is 2.40 bits per heavy atom. The summed E-state index contributed by atoms with van der Waals surface area (Å²) in [6, 6.07) is 21.3. The largest absolute Gasteiger partial charge is 0.368 e. The van der Waals surface area contributed by atoms with Crippen molar-refractivity contribution in [2.45, 2.75) is 44.4 Å². The number of benzene rings is 2. The number of carbonyl (C=O) groups excluding carboxylic acids is 1. The van der Waals surface area contributed by atoms with E-state index < -0.39 is 0 Å². The summed E-state index contributed by atoms with van der Waals surface area (Å²) in [4.78, 5) is 22.2. The van der Waals surface area contributed by atoms with Crippen LogP contribution in [-0.4, -0.2) is 55.1 Å². The summed E-state index contributed by atoms with van der Waals surface area (Å²) in [5.41, 5.74) is 3.80. The maximum absolute atomic E-state index is 12.6. The topological polar surface area (TPSA) is 48.5 Å². The van der Waals surface area contributed by atoms with Crippen LogP contribution in [0.25, 0.3) is 10.9 Å². The number of rotatable bonds is 8. The van der Waals surface area contributed by atoms with Crippen molar-refractivity contribution in [2.75, 3.05) is 44.2 Å². The molecule has 1 aliphatic carbocycles. The van der Waals surface area contributed by atoms with E-state index in [2.05, 4.69) is 80.8 Å². The lowest BCUT2D eigenvalue weighted by atomic mass is 9.78. The Morgan fingerprint density at radius 1 is 0.857 bits per heavy atom. The minimum atomic E-state index is 0.201. The molecule has 2 heterocycles. The fourth-order valence-corrected chi connectivity index (χ4v) is 5.80. The number of aromatic nitrogens is 1. The van der Waals surface area contributed by atoms with E-state index in [1.807, 2.05) is 6.20 Å². The molecule has 1 N–H and O–H groups in total. The highest BCUT2D eigenvalue weighted by molar-refractivity contribution is 5.91. The molecule has 184 valence electrons. The minimum Gasteiger partial charge on any atom is -0.368 e. The van der Waals surface area contributed by atoms with Crippen molar-refractivity contribution < 1.29 is 4.79 Å². The fourth-order valence-electron chi connectivity index (χ4n) is 5.80. The molecule has 1 saturated carbocycles. The molecule has 5 rings (SSSR count). The van der Waals surface area contributed by atoms with Gasteiger partial charge in [0.2, 0.25) is 5.91 Å². The molecule has 0 radical (unpaired) electrons. The van der Waals surface area contributed by atoms with Gasteiger partial charge in [0.05, 0.1) is 5.52 Å². The molecular formula is C30H38N4O. The standard InChI is InChI=1S/C30H38N4O/c35-30(26-14-12-25(13-15-26)24-8-2-1-3-9-24)32-17-6-7-19-33-20-22-34(23-21-33)29-16-18-31-28-11-5-4-10-27(28)29/h1-5,8-11,16,18,25-26H,6-7,12-15,17,19-23H2,(H,32,35). The van der Waals surface area contributed by atoms with Crippen LogP contribution in [0.15, 0.2) is 66.9 Å². The normalized spacial score (nSPS) is 21.2.